The van der Waals surface area contributed by atoms with Gasteiger partial charge in [-0.1, -0.05) is 32.0 Å². The first-order chi connectivity index (χ1) is 7.86. The summed E-state index contributed by atoms with van der Waals surface area (Å²) in [5.74, 6) is -0.0135. The Morgan fingerprint density at radius 3 is 2.41 bits per heavy atom. The molecule has 0 fully saturated rings. The summed E-state index contributed by atoms with van der Waals surface area (Å²) in [4.78, 5) is 0. The second-order valence-electron chi connectivity index (χ2n) is 4.34. The Bertz CT molecular complexity index is 415. The molecule has 0 bridgehead atoms. The van der Waals surface area contributed by atoms with E-state index < -0.39 is 11.7 Å². The molecule has 0 aliphatic rings. The molecule has 0 spiro atoms. The maximum absolute atomic E-state index is 12.6. The summed E-state index contributed by atoms with van der Waals surface area (Å²) in [6.07, 6.45) is -4.09. The molecule has 0 aliphatic heterocycles. The van der Waals surface area contributed by atoms with E-state index in [1.807, 2.05) is 19.9 Å². The van der Waals surface area contributed by atoms with Gasteiger partial charge in [-0.3, -0.25) is 0 Å². The van der Waals surface area contributed by atoms with Gasteiger partial charge in [0.2, 0.25) is 0 Å². The highest BCUT2D eigenvalue weighted by Gasteiger charge is 2.31. The number of rotatable bonds is 3. The Balaban J connectivity index is 3.10. The molecule has 1 atom stereocenters. The van der Waals surface area contributed by atoms with Gasteiger partial charge in [-0.2, -0.15) is 18.4 Å². The molecular weight excluding hydrogens is 227 g/mol. The van der Waals surface area contributed by atoms with Crippen molar-refractivity contribution in [2.24, 2.45) is 5.92 Å². The third kappa shape index (κ3) is 3.48. The SMILES string of the molecule is CC(C)C(CC#N)c1cccc(C(F)(F)F)c1. The molecule has 0 aliphatic carbocycles. The van der Waals surface area contributed by atoms with Gasteiger partial charge in [-0.15, -0.1) is 0 Å². The molecule has 1 aromatic carbocycles. The van der Waals surface area contributed by atoms with E-state index in [9.17, 15) is 13.2 Å². The zero-order chi connectivity index (χ0) is 13.1. The Morgan fingerprint density at radius 1 is 1.29 bits per heavy atom. The van der Waals surface area contributed by atoms with Crippen LogP contribution >= 0.6 is 0 Å². The normalized spacial score (nSPS) is 13.5. The van der Waals surface area contributed by atoms with Gasteiger partial charge in [0.1, 0.15) is 0 Å². The summed E-state index contributed by atoms with van der Waals surface area (Å²) < 4.78 is 37.7. The third-order valence-corrected chi connectivity index (χ3v) is 2.76. The maximum Gasteiger partial charge on any atom is 0.416 e. The lowest BCUT2D eigenvalue weighted by Gasteiger charge is -2.19. The molecule has 17 heavy (non-hydrogen) atoms. The summed E-state index contributed by atoms with van der Waals surface area (Å²) in [6, 6.07) is 7.26. The van der Waals surface area contributed by atoms with Crippen LogP contribution in [-0.2, 0) is 6.18 Å². The molecular formula is C13H14F3N. The minimum Gasteiger partial charge on any atom is -0.198 e. The fraction of sp³-hybridized carbons (Fsp3) is 0.462. The van der Waals surface area contributed by atoms with Crippen LogP contribution in [0.1, 0.15) is 37.3 Å². The Kier molecular flexibility index (Phi) is 4.17. The van der Waals surface area contributed by atoms with E-state index in [0.29, 0.717) is 5.56 Å². The lowest BCUT2D eigenvalue weighted by molar-refractivity contribution is -0.137. The van der Waals surface area contributed by atoms with Crippen molar-refractivity contribution < 1.29 is 13.2 Å². The molecule has 1 unspecified atom stereocenters. The van der Waals surface area contributed by atoms with Gasteiger partial charge in [0.25, 0.3) is 0 Å². The summed E-state index contributed by atoms with van der Waals surface area (Å²) in [7, 11) is 0. The van der Waals surface area contributed by atoms with Gasteiger partial charge in [0, 0.05) is 6.42 Å². The van der Waals surface area contributed by atoms with Crippen LogP contribution in [-0.4, -0.2) is 0 Å². The van der Waals surface area contributed by atoms with Gasteiger partial charge in [-0.25, -0.2) is 0 Å². The van der Waals surface area contributed by atoms with Crippen LogP contribution in [0.4, 0.5) is 13.2 Å². The molecule has 0 aromatic heterocycles. The average molecular weight is 241 g/mol. The molecule has 0 saturated carbocycles. The first-order valence-electron chi connectivity index (χ1n) is 5.40. The lowest BCUT2D eigenvalue weighted by Crippen LogP contribution is -2.10. The van der Waals surface area contributed by atoms with E-state index in [1.54, 1.807) is 6.07 Å². The number of benzene rings is 1. The smallest absolute Gasteiger partial charge is 0.198 e. The molecule has 0 radical (unpaired) electrons. The zero-order valence-electron chi connectivity index (χ0n) is 9.75. The van der Waals surface area contributed by atoms with Crippen molar-refractivity contribution in [2.45, 2.75) is 32.4 Å². The highest BCUT2D eigenvalue weighted by molar-refractivity contribution is 5.29. The molecule has 92 valence electrons. The number of nitrogens with zero attached hydrogens (tertiary/aromatic N) is 1. The Hall–Kier alpha value is -1.50. The Labute approximate surface area is 98.9 Å². The monoisotopic (exact) mass is 241 g/mol. The van der Waals surface area contributed by atoms with E-state index >= 15 is 0 Å². The van der Waals surface area contributed by atoms with Crippen molar-refractivity contribution in [3.63, 3.8) is 0 Å². The molecule has 1 aromatic rings. The van der Waals surface area contributed by atoms with E-state index in [4.69, 9.17) is 5.26 Å². The van der Waals surface area contributed by atoms with E-state index in [-0.39, 0.29) is 18.3 Å². The van der Waals surface area contributed by atoms with Crippen LogP contribution in [0, 0.1) is 17.2 Å². The predicted octanol–water partition coefficient (Wildman–Crippen LogP) is 4.36. The lowest BCUT2D eigenvalue weighted by atomic mass is 9.85. The van der Waals surface area contributed by atoms with E-state index in [2.05, 4.69) is 0 Å². The quantitative estimate of drug-likeness (QED) is 0.771. The molecule has 1 nitrogen and oxygen atoms in total. The fourth-order valence-electron chi connectivity index (χ4n) is 1.78. The molecule has 1 rings (SSSR count). The average Bonchev–Trinajstić information content (AvgIpc) is 2.24. The fourth-order valence-corrected chi connectivity index (χ4v) is 1.78. The Morgan fingerprint density at radius 2 is 1.94 bits per heavy atom. The van der Waals surface area contributed by atoms with Crippen LogP contribution in [0.2, 0.25) is 0 Å². The summed E-state index contributed by atoms with van der Waals surface area (Å²) in [5.41, 5.74) is -0.0741. The minimum atomic E-state index is -4.33. The molecule has 0 amide bonds. The van der Waals surface area contributed by atoms with Crippen LogP contribution < -0.4 is 0 Å². The van der Waals surface area contributed by atoms with Gasteiger partial charge >= 0.3 is 6.18 Å². The second kappa shape index (κ2) is 5.22. The van der Waals surface area contributed by atoms with Gasteiger partial charge in [0.05, 0.1) is 11.6 Å². The summed E-state index contributed by atoms with van der Waals surface area (Å²) in [5, 5.41) is 8.70. The maximum atomic E-state index is 12.6. The van der Waals surface area contributed by atoms with Crippen molar-refractivity contribution in [3.8, 4) is 6.07 Å². The minimum absolute atomic E-state index is 0.137. The van der Waals surface area contributed by atoms with Crippen molar-refractivity contribution in [3.05, 3.63) is 35.4 Å². The number of halogens is 3. The standard InChI is InChI=1S/C13H14F3N/c1-9(2)12(6-7-17)10-4-3-5-11(8-10)13(14,15)16/h3-5,8-9,12H,6H2,1-2H3. The van der Waals surface area contributed by atoms with Gasteiger partial charge < -0.3 is 0 Å². The predicted molar refractivity (Wildman–Crippen MR) is 59.3 cm³/mol. The molecule has 0 heterocycles. The summed E-state index contributed by atoms with van der Waals surface area (Å²) in [6.45, 7) is 3.81. The van der Waals surface area contributed by atoms with Crippen molar-refractivity contribution >= 4 is 0 Å². The van der Waals surface area contributed by atoms with Crippen molar-refractivity contribution in [2.75, 3.05) is 0 Å². The summed E-state index contributed by atoms with van der Waals surface area (Å²) >= 11 is 0. The van der Waals surface area contributed by atoms with Crippen LogP contribution in [0.15, 0.2) is 24.3 Å². The molecule has 4 heteroatoms. The second-order valence-corrected chi connectivity index (χ2v) is 4.34. The first-order valence-corrected chi connectivity index (χ1v) is 5.40. The largest absolute Gasteiger partial charge is 0.416 e. The highest BCUT2D eigenvalue weighted by Crippen LogP contribution is 2.33. The van der Waals surface area contributed by atoms with Crippen molar-refractivity contribution in [1.29, 1.82) is 5.26 Å². The van der Waals surface area contributed by atoms with Crippen LogP contribution in [0.3, 0.4) is 0 Å². The van der Waals surface area contributed by atoms with Crippen LogP contribution in [0.5, 0.6) is 0 Å². The van der Waals surface area contributed by atoms with E-state index in [1.165, 1.54) is 6.07 Å². The van der Waals surface area contributed by atoms with Crippen molar-refractivity contribution in [1.82, 2.24) is 0 Å². The zero-order valence-corrected chi connectivity index (χ0v) is 9.75. The topological polar surface area (TPSA) is 23.8 Å². The van der Waals surface area contributed by atoms with Gasteiger partial charge in [0.15, 0.2) is 0 Å². The van der Waals surface area contributed by atoms with Gasteiger partial charge in [-0.05, 0) is 23.5 Å². The van der Waals surface area contributed by atoms with E-state index in [0.717, 1.165) is 12.1 Å². The number of nitriles is 1. The number of alkyl halides is 3. The molecule has 0 saturated heterocycles. The number of hydrogen-bond acceptors (Lipinski definition) is 1. The number of hydrogen-bond donors (Lipinski definition) is 0. The third-order valence-electron chi connectivity index (χ3n) is 2.76. The van der Waals surface area contributed by atoms with Crippen LogP contribution in [0.25, 0.3) is 0 Å². The molecule has 0 N–H and O–H groups in total. The highest BCUT2D eigenvalue weighted by atomic mass is 19.4. The first kappa shape index (κ1) is 13.6.